The normalized spacial score (nSPS) is 10.3. The molecule has 0 saturated carbocycles. The maximum absolute atomic E-state index is 11.8. The van der Waals surface area contributed by atoms with Crippen molar-refractivity contribution in [1.29, 1.82) is 0 Å². The molecule has 0 aromatic heterocycles. The predicted octanol–water partition coefficient (Wildman–Crippen LogP) is 1.66. The van der Waals surface area contributed by atoms with Crippen molar-refractivity contribution >= 4 is 27.7 Å². The number of rotatable bonds is 5. The topological polar surface area (TPSA) is 78.4 Å². The first kappa shape index (κ1) is 15.5. The molecule has 5 nitrogen and oxygen atoms in total. The SMILES string of the molecule is CC(C)C(=O)NCCNC(=O)c1cc(Br)ccc1O. The fourth-order valence-electron chi connectivity index (χ4n) is 1.35. The van der Waals surface area contributed by atoms with E-state index in [2.05, 4.69) is 26.6 Å². The van der Waals surface area contributed by atoms with E-state index < -0.39 is 0 Å². The Hall–Kier alpha value is -1.56. The van der Waals surface area contributed by atoms with Gasteiger partial charge in [-0.25, -0.2) is 0 Å². The summed E-state index contributed by atoms with van der Waals surface area (Å²) in [5.74, 6) is -0.589. The molecular weight excluding hydrogens is 312 g/mol. The quantitative estimate of drug-likeness (QED) is 0.719. The van der Waals surface area contributed by atoms with Gasteiger partial charge in [0.05, 0.1) is 5.56 Å². The zero-order chi connectivity index (χ0) is 14.4. The van der Waals surface area contributed by atoms with Crippen LogP contribution in [-0.4, -0.2) is 30.0 Å². The number of carbonyl (C=O) groups is 2. The van der Waals surface area contributed by atoms with Crippen molar-refractivity contribution in [2.24, 2.45) is 5.92 Å². The van der Waals surface area contributed by atoms with Crippen LogP contribution >= 0.6 is 15.9 Å². The lowest BCUT2D eigenvalue weighted by molar-refractivity contribution is -0.123. The fraction of sp³-hybridized carbons (Fsp3) is 0.385. The third kappa shape index (κ3) is 4.90. The van der Waals surface area contributed by atoms with Gasteiger partial charge < -0.3 is 15.7 Å². The van der Waals surface area contributed by atoms with Crippen LogP contribution in [0, 0.1) is 5.92 Å². The van der Waals surface area contributed by atoms with Crippen molar-refractivity contribution in [3.63, 3.8) is 0 Å². The lowest BCUT2D eigenvalue weighted by Crippen LogP contribution is -2.36. The highest BCUT2D eigenvalue weighted by Crippen LogP contribution is 2.21. The van der Waals surface area contributed by atoms with Gasteiger partial charge in [-0.1, -0.05) is 29.8 Å². The van der Waals surface area contributed by atoms with Crippen molar-refractivity contribution in [2.45, 2.75) is 13.8 Å². The Labute approximate surface area is 120 Å². The van der Waals surface area contributed by atoms with E-state index in [0.29, 0.717) is 17.6 Å². The van der Waals surface area contributed by atoms with Gasteiger partial charge in [0.1, 0.15) is 5.75 Å². The number of carbonyl (C=O) groups excluding carboxylic acids is 2. The van der Waals surface area contributed by atoms with Crippen LogP contribution < -0.4 is 10.6 Å². The second-order valence-corrected chi connectivity index (χ2v) is 5.28. The number of phenols is 1. The summed E-state index contributed by atoms with van der Waals surface area (Å²) < 4.78 is 0.712. The Balaban J connectivity index is 2.44. The van der Waals surface area contributed by atoms with Crippen LogP contribution in [0.4, 0.5) is 0 Å². The van der Waals surface area contributed by atoms with Gasteiger partial charge >= 0.3 is 0 Å². The fourth-order valence-corrected chi connectivity index (χ4v) is 1.71. The van der Waals surface area contributed by atoms with E-state index in [9.17, 15) is 14.7 Å². The van der Waals surface area contributed by atoms with Crippen LogP contribution in [0.2, 0.25) is 0 Å². The molecule has 104 valence electrons. The minimum absolute atomic E-state index is 0.0560. The summed E-state index contributed by atoms with van der Waals surface area (Å²) in [7, 11) is 0. The van der Waals surface area contributed by atoms with Gasteiger partial charge in [-0.15, -0.1) is 0 Å². The van der Waals surface area contributed by atoms with Gasteiger partial charge in [0.15, 0.2) is 0 Å². The molecule has 0 spiro atoms. The van der Waals surface area contributed by atoms with Crippen molar-refractivity contribution < 1.29 is 14.7 Å². The minimum atomic E-state index is -0.377. The summed E-state index contributed by atoms with van der Waals surface area (Å²) in [5.41, 5.74) is 0.199. The van der Waals surface area contributed by atoms with Crippen molar-refractivity contribution in [3.05, 3.63) is 28.2 Å². The van der Waals surface area contributed by atoms with Crippen LogP contribution in [0.3, 0.4) is 0 Å². The average molecular weight is 329 g/mol. The number of hydrogen-bond acceptors (Lipinski definition) is 3. The number of amides is 2. The Morgan fingerprint density at radius 1 is 1.26 bits per heavy atom. The molecular formula is C13H17BrN2O3. The van der Waals surface area contributed by atoms with Gasteiger partial charge in [-0.3, -0.25) is 9.59 Å². The predicted molar refractivity (Wildman–Crippen MR) is 76.0 cm³/mol. The summed E-state index contributed by atoms with van der Waals surface area (Å²) in [6.07, 6.45) is 0. The lowest BCUT2D eigenvalue weighted by atomic mass is 10.2. The van der Waals surface area contributed by atoms with Gasteiger partial charge in [0.2, 0.25) is 5.91 Å². The van der Waals surface area contributed by atoms with E-state index in [1.807, 2.05) is 0 Å². The molecule has 0 radical (unpaired) electrons. The first-order chi connectivity index (χ1) is 8.91. The lowest BCUT2D eigenvalue weighted by Gasteiger charge is -2.09. The van der Waals surface area contributed by atoms with E-state index in [-0.39, 0.29) is 29.0 Å². The van der Waals surface area contributed by atoms with Crippen LogP contribution in [0.15, 0.2) is 22.7 Å². The third-order valence-electron chi connectivity index (χ3n) is 2.44. The smallest absolute Gasteiger partial charge is 0.255 e. The van der Waals surface area contributed by atoms with E-state index in [1.54, 1.807) is 19.9 Å². The molecule has 2 amide bonds. The highest BCUT2D eigenvalue weighted by molar-refractivity contribution is 9.10. The molecule has 0 aliphatic heterocycles. The number of phenolic OH excluding ortho intramolecular Hbond substituents is 1. The number of hydrogen-bond donors (Lipinski definition) is 3. The summed E-state index contributed by atoms with van der Waals surface area (Å²) in [5, 5.41) is 14.9. The standard InChI is InChI=1S/C13H17BrN2O3/c1-8(2)12(18)15-5-6-16-13(19)10-7-9(14)3-4-11(10)17/h3-4,7-8,17H,5-6H2,1-2H3,(H,15,18)(H,16,19). The van der Waals surface area contributed by atoms with Crippen LogP contribution in [0.1, 0.15) is 24.2 Å². The zero-order valence-electron chi connectivity index (χ0n) is 10.9. The minimum Gasteiger partial charge on any atom is -0.507 e. The number of aromatic hydroxyl groups is 1. The molecule has 1 rings (SSSR count). The Morgan fingerprint density at radius 3 is 2.53 bits per heavy atom. The Kier molecular flexibility index (Phi) is 5.82. The van der Waals surface area contributed by atoms with Crippen LogP contribution in [-0.2, 0) is 4.79 Å². The van der Waals surface area contributed by atoms with Gasteiger partial charge in [-0.05, 0) is 18.2 Å². The summed E-state index contributed by atoms with van der Waals surface area (Å²) >= 11 is 3.23. The van der Waals surface area contributed by atoms with Crippen LogP contribution in [0.5, 0.6) is 5.75 Å². The summed E-state index contributed by atoms with van der Waals surface area (Å²) in [6.45, 7) is 4.27. The van der Waals surface area contributed by atoms with Crippen molar-refractivity contribution in [1.82, 2.24) is 10.6 Å². The van der Waals surface area contributed by atoms with Gasteiger partial charge in [0, 0.05) is 23.5 Å². The van der Waals surface area contributed by atoms with Gasteiger partial charge in [0.25, 0.3) is 5.91 Å². The first-order valence-corrected chi connectivity index (χ1v) is 6.75. The van der Waals surface area contributed by atoms with E-state index in [0.717, 1.165) is 0 Å². The largest absolute Gasteiger partial charge is 0.507 e. The maximum atomic E-state index is 11.8. The Bertz CT molecular complexity index is 475. The molecule has 0 aliphatic carbocycles. The molecule has 0 heterocycles. The van der Waals surface area contributed by atoms with Crippen LogP contribution in [0.25, 0.3) is 0 Å². The monoisotopic (exact) mass is 328 g/mol. The second-order valence-electron chi connectivity index (χ2n) is 4.36. The molecule has 0 atom stereocenters. The number of nitrogens with one attached hydrogen (secondary N) is 2. The molecule has 0 unspecified atom stereocenters. The number of benzene rings is 1. The summed E-state index contributed by atoms with van der Waals surface area (Å²) in [4.78, 5) is 23.1. The molecule has 0 saturated heterocycles. The second kappa shape index (κ2) is 7.13. The maximum Gasteiger partial charge on any atom is 0.255 e. The van der Waals surface area contributed by atoms with Crippen molar-refractivity contribution in [2.75, 3.05) is 13.1 Å². The van der Waals surface area contributed by atoms with Crippen molar-refractivity contribution in [3.8, 4) is 5.75 Å². The first-order valence-electron chi connectivity index (χ1n) is 5.96. The highest BCUT2D eigenvalue weighted by Gasteiger charge is 2.11. The zero-order valence-corrected chi connectivity index (χ0v) is 12.5. The van der Waals surface area contributed by atoms with E-state index in [1.165, 1.54) is 12.1 Å². The average Bonchev–Trinajstić information content (AvgIpc) is 2.36. The molecule has 0 fully saturated rings. The van der Waals surface area contributed by atoms with E-state index >= 15 is 0 Å². The highest BCUT2D eigenvalue weighted by atomic mass is 79.9. The molecule has 6 heteroatoms. The summed E-state index contributed by atoms with van der Waals surface area (Å²) in [6, 6.07) is 4.63. The molecule has 1 aromatic carbocycles. The molecule has 0 aliphatic rings. The van der Waals surface area contributed by atoms with E-state index in [4.69, 9.17) is 0 Å². The molecule has 1 aromatic rings. The number of halogens is 1. The van der Waals surface area contributed by atoms with Gasteiger partial charge in [-0.2, -0.15) is 0 Å². The third-order valence-corrected chi connectivity index (χ3v) is 2.93. The Morgan fingerprint density at radius 2 is 1.89 bits per heavy atom. The molecule has 3 N–H and O–H groups in total. The molecule has 0 bridgehead atoms. The molecule has 19 heavy (non-hydrogen) atoms.